The standard InChI is InChI=1S/C15H17NO2/c1-2-3-6-11-7-5-10-16-14(11)12-8-4-9-13(17)15(12)18/h4-5,7-10,17-18H,2-3,6H2,1H3. The minimum absolute atomic E-state index is 0.103. The minimum atomic E-state index is -0.111. The van der Waals surface area contributed by atoms with E-state index in [1.807, 2.05) is 12.1 Å². The largest absolute Gasteiger partial charge is 0.504 e. The molecule has 18 heavy (non-hydrogen) atoms. The van der Waals surface area contributed by atoms with Gasteiger partial charge in [-0.05, 0) is 36.6 Å². The third-order valence-corrected chi connectivity index (χ3v) is 2.96. The summed E-state index contributed by atoms with van der Waals surface area (Å²) in [6.07, 6.45) is 4.82. The van der Waals surface area contributed by atoms with E-state index in [4.69, 9.17) is 0 Å². The van der Waals surface area contributed by atoms with Crippen molar-refractivity contribution < 1.29 is 10.2 Å². The molecule has 0 bridgehead atoms. The fourth-order valence-corrected chi connectivity index (χ4v) is 1.97. The zero-order valence-electron chi connectivity index (χ0n) is 10.4. The lowest BCUT2D eigenvalue weighted by atomic mass is 10.0. The topological polar surface area (TPSA) is 53.4 Å². The molecule has 0 saturated carbocycles. The fraction of sp³-hybridized carbons (Fsp3) is 0.267. The Hall–Kier alpha value is -2.03. The predicted octanol–water partition coefficient (Wildman–Crippen LogP) is 3.50. The summed E-state index contributed by atoms with van der Waals surface area (Å²) in [5, 5.41) is 19.5. The first-order chi connectivity index (χ1) is 8.74. The van der Waals surface area contributed by atoms with E-state index >= 15 is 0 Å². The number of phenols is 2. The molecule has 2 rings (SSSR count). The van der Waals surface area contributed by atoms with Crippen molar-refractivity contribution in [2.24, 2.45) is 0 Å². The van der Waals surface area contributed by atoms with Crippen molar-refractivity contribution in [2.75, 3.05) is 0 Å². The smallest absolute Gasteiger partial charge is 0.167 e. The van der Waals surface area contributed by atoms with Gasteiger partial charge in [-0.2, -0.15) is 0 Å². The number of pyridine rings is 1. The van der Waals surface area contributed by atoms with Crippen molar-refractivity contribution in [3.05, 3.63) is 42.1 Å². The van der Waals surface area contributed by atoms with E-state index in [0.29, 0.717) is 5.56 Å². The molecule has 0 radical (unpaired) electrons. The summed E-state index contributed by atoms with van der Waals surface area (Å²) < 4.78 is 0. The van der Waals surface area contributed by atoms with E-state index in [-0.39, 0.29) is 11.5 Å². The van der Waals surface area contributed by atoms with Gasteiger partial charge >= 0.3 is 0 Å². The Labute approximate surface area is 107 Å². The van der Waals surface area contributed by atoms with E-state index < -0.39 is 0 Å². The van der Waals surface area contributed by atoms with Gasteiger partial charge in [0, 0.05) is 11.8 Å². The highest BCUT2D eigenvalue weighted by molar-refractivity contribution is 5.72. The highest BCUT2D eigenvalue weighted by Crippen LogP contribution is 2.36. The number of rotatable bonds is 4. The normalized spacial score (nSPS) is 10.5. The maximum absolute atomic E-state index is 9.91. The summed E-state index contributed by atoms with van der Waals surface area (Å²) in [5.41, 5.74) is 2.43. The third kappa shape index (κ3) is 2.45. The van der Waals surface area contributed by atoms with Gasteiger partial charge in [-0.3, -0.25) is 4.98 Å². The van der Waals surface area contributed by atoms with Crippen LogP contribution in [0.1, 0.15) is 25.3 Å². The zero-order chi connectivity index (χ0) is 13.0. The summed E-state index contributed by atoms with van der Waals surface area (Å²) in [7, 11) is 0. The van der Waals surface area contributed by atoms with E-state index in [0.717, 1.165) is 30.5 Å². The molecule has 0 amide bonds. The maximum Gasteiger partial charge on any atom is 0.167 e. The average molecular weight is 243 g/mol. The number of aryl methyl sites for hydroxylation is 1. The number of para-hydroxylation sites is 1. The Morgan fingerprint density at radius 1 is 1.11 bits per heavy atom. The van der Waals surface area contributed by atoms with Crippen LogP contribution in [0.15, 0.2) is 36.5 Å². The molecule has 0 atom stereocenters. The molecular weight excluding hydrogens is 226 g/mol. The SMILES string of the molecule is CCCCc1cccnc1-c1cccc(O)c1O. The van der Waals surface area contributed by atoms with E-state index in [1.54, 1.807) is 18.3 Å². The molecule has 2 N–H and O–H groups in total. The molecule has 2 aromatic rings. The minimum Gasteiger partial charge on any atom is -0.504 e. The van der Waals surface area contributed by atoms with Gasteiger partial charge in [0.2, 0.25) is 0 Å². The molecule has 3 heteroatoms. The van der Waals surface area contributed by atoms with Crippen molar-refractivity contribution >= 4 is 0 Å². The van der Waals surface area contributed by atoms with Gasteiger partial charge in [-0.25, -0.2) is 0 Å². The molecular formula is C15H17NO2. The molecule has 0 unspecified atom stereocenters. The fourth-order valence-electron chi connectivity index (χ4n) is 1.97. The molecule has 3 nitrogen and oxygen atoms in total. The monoisotopic (exact) mass is 243 g/mol. The lowest BCUT2D eigenvalue weighted by Gasteiger charge is -2.10. The molecule has 0 fully saturated rings. The number of aromatic nitrogens is 1. The quantitative estimate of drug-likeness (QED) is 0.808. The Morgan fingerprint density at radius 2 is 1.94 bits per heavy atom. The van der Waals surface area contributed by atoms with Gasteiger partial charge < -0.3 is 10.2 Å². The Morgan fingerprint density at radius 3 is 2.72 bits per heavy atom. The van der Waals surface area contributed by atoms with Crippen LogP contribution in [0.25, 0.3) is 11.3 Å². The van der Waals surface area contributed by atoms with Gasteiger partial charge in [-0.1, -0.05) is 25.5 Å². The van der Waals surface area contributed by atoms with Gasteiger partial charge in [0.05, 0.1) is 5.69 Å². The molecule has 1 aromatic carbocycles. The molecule has 0 spiro atoms. The first-order valence-corrected chi connectivity index (χ1v) is 6.19. The summed E-state index contributed by atoms with van der Waals surface area (Å²) in [4.78, 5) is 4.33. The number of nitrogens with zero attached hydrogens (tertiary/aromatic N) is 1. The van der Waals surface area contributed by atoms with Crippen molar-refractivity contribution in [1.29, 1.82) is 0 Å². The lowest BCUT2D eigenvalue weighted by molar-refractivity contribution is 0.405. The number of benzene rings is 1. The van der Waals surface area contributed by atoms with Crippen LogP contribution in [-0.4, -0.2) is 15.2 Å². The first-order valence-electron chi connectivity index (χ1n) is 6.19. The molecule has 0 aliphatic heterocycles. The van der Waals surface area contributed by atoms with Crippen LogP contribution in [-0.2, 0) is 6.42 Å². The van der Waals surface area contributed by atoms with E-state index in [1.165, 1.54) is 6.07 Å². The third-order valence-electron chi connectivity index (χ3n) is 2.96. The Kier molecular flexibility index (Phi) is 3.82. The maximum atomic E-state index is 9.91. The second kappa shape index (κ2) is 5.54. The summed E-state index contributed by atoms with van der Waals surface area (Å²) >= 11 is 0. The van der Waals surface area contributed by atoms with Crippen LogP contribution in [0, 0.1) is 0 Å². The van der Waals surface area contributed by atoms with Gasteiger partial charge in [0.25, 0.3) is 0 Å². The molecule has 1 heterocycles. The summed E-state index contributed by atoms with van der Waals surface area (Å²) in [6, 6.07) is 8.86. The second-order valence-corrected chi connectivity index (χ2v) is 4.29. The lowest BCUT2D eigenvalue weighted by Crippen LogP contribution is -1.93. The van der Waals surface area contributed by atoms with Gasteiger partial charge in [-0.15, -0.1) is 0 Å². The van der Waals surface area contributed by atoms with Crippen LogP contribution in [0.4, 0.5) is 0 Å². The van der Waals surface area contributed by atoms with E-state index in [9.17, 15) is 10.2 Å². The number of unbranched alkanes of at least 4 members (excludes halogenated alkanes) is 1. The predicted molar refractivity (Wildman–Crippen MR) is 71.6 cm³/mol. The first kappa shape index (κ1) is 12.4. The average Bonchev–Trinajstić information content (AvgIpc) is 2.40. The number of hydrogen-bond donors (Lipinski definition) is 2. The Balaban J connectivity index is 2.46. The highest BCUT2D eigenvalue weighted by atomic mass is 16.3. The van der Waals surface area contributed by atoms with Gasteiger partial charge in [0.15, 0.2) is 11.5 Å². The Bertz CT molecular complexity index is 538. The molecule has 0 aliphatic carbocycles. The van der Waals surface area contributed by atoms with Crippen LogP contribution in [0.5, 0.6) is 11.5 Å². The van der Waals surface area contributed by atoms with Crippen molar-refractivity contribution in [3.8, 4) is 22.8 Å². The van der Waals surface area contributed by atoms with Crippen LogP contribution in [0.3, 0.4) is 0 Å². The number of phenolic OH excluding ortho intramolecular Hbond substituents is 2. The number of hydrogen-bond acceptors (Lipinski definition) is 3. The highest BCUT2D eigenvalue weighted by Gasteiger charge is 2.12. The molecule has 0 aliphatic rings. The molecule has 1 aromatic heterocycles. The summed E-state index contributed by atoms with van der Waals surface area (Å²) in [6.45, 7) is 2.14. The van der Waals surface area contributed by atoms with Crippen LogP contribution in [0.2, 0.25) is 0 Å². The molecule has 0 saturated heterocycles. The van der Waals surface area contributed by atoms with E-state index in [2.05, 4.69) is 11.9 Å². The zero-order valence-corrected chi connectivity index (χ0v) is 10.4. The number of aromatic hydroxyl groups is 2. The second-order valence-electron chi connectivity index (χ2n) is 4.29. The van der Waals surface area contributed by atoms with Crippen LogP contribution < -0.4 is 0 Å². The van der Waals surface area contributed by atoms with Crippen molar-refractivity contribution in [2.45, 2.75) is 26.2 Å². The van der Waals surface area contributed by atoms with Crippen molar-refractivity contribution in [3.63, 3.8) is 0 Å². The van der Waals surface area contributed by atoms with Crippen molar-refractivity contribution in [1.82, 2.24) is 4.98 Å². The molecule has 94 valence electrons. The van der Waals surface area contributed by atoms with Crippen LogP contribution >= 0.6 is 0 Å². The van der Waals surface area contributed by atoms with Gasteiger partial charge in [0.1, 0.15) is 0 Å². The summed E-state index contributed by atoms with van der Waals surface area (Å²) in [5.74, 6) is -0.214.